The third-order valence-corrected chi connectivity index (χ3v) is 2.43. The molecule has 0 amide bonds. The summed E-state index contributed by atoms with van der Waals surface area (Å²) in [5.41, 5.74) is 2.11. The highest BCUT2D eigenvalue weighted by molar-refractivity contribution is 5.84. The van der Waals surface area contributed by atoms with Crippen molar-refractivity contribution in [1.29, 1.82) is 0 Å². The molecule has 0 saturated carbocycles. The summed E-state index contributed by atoms with van der Waals surface area (Å²) in [6, 6.07) is 10.2. The van der Waals surface area contributed by atoms with Gasteiger partial charge in [0.05, 0.1) is 0 Å². The van der Waals surface area contributed by atoms with Crippen molar-refractivity contribution in [2.45, 2.75) is 0 Å². The minimum atomic E-state index is 1.02. The molecule has 0 fully saturated rings. The maximum atomic E-state index is 4.40. The van der Waals surface area contributed by atoms with Crippen LogP contribution in [0.25, 0.3) is 16.6 Å². The number of pyridine rings is 1. The lowest BCUT2D eigenvalue weighted by Crippen LogP contribution is -2.27. The van der Waals surface area contributed by atoms with Gasteiger partial charge in [0, 0.05) is 11.6 Å². The summed E-state index contributed by atoms with van der Waals surface area (Å²) in [7, 11) is 0. The molecule has 2 heterocycles. The molecule has 0 saturated heterocycles. The summed E-state index contributed by atoms with van der Waals surface area (Å²) in [6.07, 6.45) is 7.59. The quantitative estimate of drug-likeness (QED) is 0.592. The standard InChI is InChI=1S/C12H9N3/c1-3-10-4-2-6-14-12(10)11(5-1)15-8-7-13-9-15/h1-9H/p+1. The van der Waals surface area contributed by atoms with Gasteiger partial charge in [0.25, 0.3) is 0 Å². The maximum Gasteiger partial charge on any atom is 0.246 e. The number of hydrogen-bond donors (Lipinski definition) is 1. The highest BCUT2D eigenvalue weighted by Gasteiger charge is 2.07. The Hall–Kier alpha value is -2.16. The number of hydrogen-bond acceptors (Lipinski definition) is 1. The van der Waals surface area contributed by atoms with Crippen LogP contribution in [0.15, 0.2) is 55.2 Å². The molecule has 0 spiro atoms. The van der Waals surface area contributed by atoms with Gasteiger partial charge in [-0.3, -0.25) is 4.98 Å². The number of para-hydroxylation sites is 1. The van der Waals surface area contributed by atoms with Crippen molar-refractivity contribution in [2.75, 3.05) is 0 Å². The Kier molecular flexibility index (Phi) is 1.75. The molecule has 0 aliphatic heterocycles. The van der Waals surface area contributed by atoms with Gasteiger partial charge < -0.3 is 0 Å². The zero-order valence-electron chi connectivity index (χ0n) is 8.09. The Bertz CT molecular complexity index is 579. The summed E-state index contributed by atoms with van der Waals surface area (Å²) in [5.74, 6) is 0. The van der Waals surface area contributed by atoms with Gasteiger partial charge in [-0.15, -0.1) is 0 Å². The lowest BCUT2D eigenvalue weighted by molar-refractivity contribution is -0.592. The fraction of sp³-hybridized carbons (Fsp3) is 0. The second kappa shape index (κ2) is 3.20. The predicted molar refractivity (Wildman–Crippen MR) is 57.6 cm³/mol. The monoisotopic (exact) mass is 196 g/mol. The molecule has 3 nitrogen and oxygen atoms in total. The molecule has 0 bridgehead atoms. The van der Waals surface area contributed by atoms with Crippen molar-refractivity contribution in [3.8, 4) is 5.69 Å². The summed E-state index contributed by atoms with van der Waals surface area (Å²) in [4.78, 5) is 7.43. The van der Waals surface area contributed by atoms with Crippen LogP contribution < -0.4 is 4.57 Å². The topological polar surface area (TPSA) is 32.6 Å². The van der Waals surface area contributed by atoms with Crippen molar-refractivity contribution >= 4 is 10.9 Å². The second-order valence-electron chi connectivity index (χ2n) is 3.37. The molecule has 0 unspecified atom stereocenters. The smallest absolute Gasteiger partial charge is 0.246 e. The van der Waals surface area contributed by atoms with Crippen LogP contribution in [-0.4, -0.2) is 9.97 Å². The van der Waals surface area contributed by atoms with Crippen LogP contribution in [0.3, 0.4) is 0 Å². The Morgan fingerprint density at radius 2 is 2.07 bits per heavy atom. The number of aromatic nitrogens is 3. The number of fused-ring (bicyclic) bond motifs is 1. The van der Waals surface area contributed by atoms with E-state index in [1.54, 1.807) is 0 Å². The lowest BCUT2D eigenvalue weighted by atomic mass is 10.2. The summed E-state index contributed by atoms with van der Waals surface area (Å²) >= 11 is 0. The zero-order valence-corrected chi connectivity index (χ0v) is 8.09. The number of rotatable bonds is 1. The molecule has 1 N–H and O–H groups in total. The second-order valence-corrected chi connectivity index (χ2v) is 3.37. The van der Waals surface area contributed by atoms with Crippen LogP contribution in [0.1, 0.15) is 0 Å². The van der Waals surface area contributed by atoms with Crippen LogP contribution in [0.2, 0.25) is 0 Å². The van der Waals surface area contributed by atoms with Crippen LogP contribution >= 0.6 is 0 Å². The van der Waals surface area contributed by atoms with Crippen molar-refractivity contribution < 1.29 is 4.57 Å². The van der Waals surface area contributed by atoms with Crippen molar-refractivity contribution in [3.05, 3.63) is 55.2 Å². The van der Waals surface area contributed by atoms with E-state index in [-0.39, 0.29) is 0 Å². The van der Waals surface area contributed by atoms with Gasteiger partial charge in [0.1, 0.15) is 17.9 Å². The number of imidazole rings is 1. The van der Waals surface area contributed by atoms with E-state index in [1.807, 2.05) is 41.6 Å². The molecule has 0 radical (unpaired) electrons. The summed E-state index contributed by atoms with van der Waals surface area (Å²) in [6.45, 7) is 0. The largest absolute Gasteiger partial charge is 0.252 e. The van der Waals surface area contributed by atoms with Crippen molar-refractivity contribution in [1.82, 2.24) is 9.97 Å². The van der Waals surface area contributed by atoms with Gasteiger partial charge in [-0.2, -0.15) is 0 Å². The predicted octanol–water partition coefficient (Wildman–Crippen LogP) is 1.84. The number of benzene rings is 1. The van der Waals surface area contributed by atoms with E-state index < -0.39 is 0 Å². The zero-order chi connectivity index (χ0) is 10.1. The van der Waals surface area contributed by atoms with Gasteiger partial charge in [0.15, 0.2) is 5.69 Å². The van der Waals surface area contributed by atoms with E-state index in [9.17, 15) is 0 Å². The molecule has 0 aliphatic rings. The third kappa shape index (κ3) is 1.29. The SMILES string of the molecule is c1cnc2c(-[n+]3cc[nH]c3)cccc2c1. The average Bonchev–Trinajstić information content (AvgIpc) is 2.82. The normalized spacial score (nSPS) is 10.7. The fourth-order valence-electron chi connectivity index (χ4n) is 1.74. The number of H-pyrrole nitrogens is 1. The van der Waals surface area contributed by atoms with E-state index >= 15 is 0 Å². The first-order valence-corrected chi connectivity index (χ1v) is 4.83. The number of aromatic amines is 1. The van der Waals surface area contributed by atoms with Crippen LogP contribution in [0.5, 0.6) is 0 Å². The Labute approximate surface area is 87.0 Å². The number of nitrogens with zero attached hydrogens (tertiary/aromatic N) is 2. The molecule has 15 heavy (non-hydrogen) atoms. The summed E-state index contributed by atoms with van der Waals surface area (Å²) in [5, 5.41) is 1.16. The van der Waals surface area contributed by atoms with Gasteiger partial charge >= 0.3 is 0 Å². The molecule has 3 rings (SSSR count). The summed E-state index contributed by atoms with van der Waals surface area (Å²) < 4.78 is 2.02. The molecule has 3 aromatic rings. The van der Waals surface area contributed by atoms with Crippen LogP contribution in [-0.2, 0) is 0 Å². The molecule has 3 heteroatoms. The molecule has 1 aromatic carbocycles. The fourth-order valence-corrected chi connectivity index (χ4v) is 1.74. The van der Waals surface area contributed by atoms with Gasteiger partial charge in [-0.05, 0) is 12.1 Å². The average molecular weight is 196 g/mol. The van der Waals surface area contributed by atoms with E-state index in [2.05, 4.69) is 28.2 Å². The van der Waals surface area contributed by atoms with E-state index in [1.165, 1.54) is 0 Å². The van der Waals surface area contributed by atoms with Gasteiger partial charge in [-0.25, -0.2) is 9.55 Å². The lowest BCUT2D eigenvalue weighted by Gasteiger charge is -2.00. The minimum Gasteiger partial charge on any atom is -0.252 e. The van der Waals surface area contributed by atoms with Crippen LogP contribution in [0.4, 0.5) is 0 Å². The van der Waals surface area contributed by atoms with E-state index in [4.69, 9.17) is 0 Å². The van der Waals surface area contributed by atoms with Crippen molar-refractivity contribution in [3.63, 3.8) is 0 Å². The first-order chi connectivity index (χ1) is 7.45. The maximum absolute atomic E-state index is 4.40. The Morgan fingerprint density at radius 1 is 1.13 bits per heavy atom. The first kappa shape index (κ1) is 8.17. The third-order valence-electron chi connectivity index (χ3n) is 2.43. The van der Waals surface area contributed by atoms with Crippen molar-refractivity contribution in [2.24, 2.45) is 0 Å². The van der Waals surface area contributed by atoms with Gasteiger partial charge in [-0.1, -0.05) is 18.2 Å². The van der Waals surface area contributed by atoms with E-state index in [0.717, 1.165) is 16.6 Å². The Morgan fingerprint density at radius 3 is 2.93 bits per heavy atom. The van der Waals surface area contributed by atoms with Gasteiger partial charge in [0.2, 0.25) is 6.33 Å². The molecule has 2 aromatic heterocycles. The molecule has 0 atom stereocenters. The molecular formula is C12H10N3+. The molecule has 0 aliphatic carbocycles. The minimum absolute atomic E-state index is 1.02. The molecular weight excluding hydrogens is 186 g/mol. The number of nitrogens with one attached hydrogen (secondary N) is 1. The van der Waals surface area contributed by atoms with E-state index in [0.29, 0.717) is 0 Å². The molecule has 72 valence electrons. The van der Waals surface area contributed by atoms with Crippen LogP contribution in [0, 0.1) is 0 Å². The first-order valence-electron chi connectivity index (χ1n) is 4.83. The highest BCUT2D eigenvalue weighted by atomic mass is 15.0. The highest BCUT2D eigenvalue weighted by Crippen LogP contribution is 2.15. The Balaban J connectivity index is 2.36.